The van der Waals surface area contributed by atoms with Crippen molar-refractivity contribution in [2.45, 2.75) is 32.4 Å². The van der Waals surface area contributed by atoms with Gasteiger partial charge in [0, 0.05) is 22.8 Å². The van der Waals surface area contributed by atoms with E-state index in [0.717, 1.165) is 5.56 Å². The van der Waals surface area contributed by atoms with Gasteiger partial charge in [-0.2, -0.15) is 0 Å². The van der Waals surface area contributed by atoms with Gasteiger partial charge in [-0.3, -0.25) is 4.98 Å². The number of amides is 1. The minimum atomic E-state index is -0.567. The lowest BCUT2D eigenvalue weighted by Crippen LogP contribution is -2.38. The standard InChI is InChI=1S/C13H20BrN3O3/c1-13(2,3)20-12(18)17-9(5-15)11-8(14)6-16-7-10(11)19-4/h6-7,9H,5,15H2,1-4H3,(H,17,18). The Morgan fingerprint density at radius 1 is 1.50 bits per heavy atom. The highest BCUT2D eigenvalue weighted by molar-refractivity contribution is 9.10. The number of hydrogen-bond acceptors (Lipinski definition) is 5. The molecule has 1 amide bonds. The largest absolute Gasteiger partial charge is 0.495 e. The highest BCUT2D eigenvalue weighted by atomic mass is 79.9. The Morgan fingerprint density at radius 3 is 2.65 bits per heavy atom. The molecule has 6 nitrogen and oxygen atoms in total. The van der Waals surface area contributed by atoms with Gasteiger partial charge in [0.05, 0.1) is 19.3 Å². The summed E-state index contributed by atoms with van der Waals surface area (Å²) < 4.78 is 11.2. The monoisotopic (exact) mass is 345 g/mol. The molecule has 1 unspecified atom stereocenters. The summed E-state index contributed by atoms with van der Waals surface area (Å²) in [4.78, 5) is 15.9. The summed E-state index contributed by atoms with van der Waals surface area (Å²) in [6.07, 6.45) is 2.66. The minimum Gasteiger partial charge on any atom is -0.495 e. The summed E-state index contributed by atoms with van der Waals surface area (Å²) in [5.41, 5.74) is 5.91. The molecule has 0 aliphatic heterocycles. The van der Waals surface area contributed by atoms with Crippen LogP contribution in [0.2, 0.25) is 0 Å². The summed E-state index contributed by atoms with van der Waals surface area (Å²) in [6.45, 7) is 5.60. The van der Waals surface area contributed by atoms with E-state index < -0.39 is 17.7 Å². The average Bonchev–Trinajstić information content (AvgIpc) is 2.33. The second kappa shape index (κ2) is 6.90. The Hall–Kier alpha value is -1.34. The van der Waals surface area contributed by atoms with Crippen LogP contribution in [0.15, 0.2) is 16.9 Å². The lowest BCUT2D eigenvalue weighted by atomic mass is 10.1. The summed E-state index contributed by atoms with van der Waals surface area (Å²) in [6, 6.07) is -0.433. The van der Waals surface area contributed by atoms with E-state index in [1.807, 2.05) is 0 Å². The van der Waals surface area contributed by atoms with Crippen LogP contribution in [0.25, 0.3) is 0 Å². The molecule has 1 rings (SSSR count). The molecule has 0 aromatic carbocycles. The molecule has 0 fully saturated rings. The van der Waals surface area contributed by atoms with Crippen LogP contribution in [0.1, 0.15) is 32.4 Å². The highest BCUT2D eigenvalue weighted by Crippen LogP contribution is 2.31. The molecule has 1 aromatic rings. The van der Waals surface area contributed by atoms with Gasteiger partial charge in [-0.05, 0) is 36.7 Å². The maximum atomic E-state index is 11.9. The molecule has 0 aliphatic rings. The fourth-order valence-corrected chi connectivity index (χ4v) is 2.22. The maximum absolute atomic E-state index is 11.9. The van der Waals surface area contributed by atoms with E-state index in [9.17, 15) is 4.79 Å². The Labute approximate surface area is 127 Å². The molecule has 1 aromatic heterocycles. The first-order valence-corrected chi connectivity index (χ1v) is 6.94. The van der Waals surface area contributed by atoms with E-state index in [0.29, 0.717) is 10.2 Å². The molecular formula is C13H20BrN3O3. The van der Waals surface area contributed by atoms with E-state index in [2.05, 4.69) is 26.2 Å². The van der Waals surface area contributed by atoms with Crippen LogP contribution >= 0.6 is 15.9 Å². The third-order valence-electron chi connectivity index (χ3n) is 2.40. The third-order valence-corrected chi connectivity index (χ3v) is 3.03. The molecule has 20 heavy (non-hydrogen) atoms. The number of halogens is 1. The molecule has 1 atom stereocenters. The van der Waals surface area contributed by atoms with Gasteiger partial charge in [0.2, 0.25) is 0 Å². The fourth-order valence-electron chi connectivity index (χ4n) is 1.63. The van der Waals surface area contributed by atoms with Crippen molar-refractivity contribution in [3.63, 3.8) is 0 Å². The number of methoxy groups -OCH3 is 1. The Bertz CT molecular complexity index is 474. The molecule has 0 saturated heterocycles. The molecule has 0 radical (unpaired) electrons. The number of carbonyl (C=O) groups excluding carboxylic acids is 1. The lowest BCUT2D eigenvalue weighted by molar-refractivity contribution is 0.0504. The van der Waals surface area contributed by atoms with Crippen LogP contribution in [0.3, 0.4) is 0 Å². The number of alkyl carbamates (subject to hydrolysis) is 1. The first-order chi connectivity index (χ1) is 9.28. The van der Waals surface area contributed by atoms with Gasteiger partial charge in [0.1, 0.15) is 11.4 Å². The second-order valence-corrected chi connectivity index (χ2v) is 6.03. The van der Waals surface area contributed by atoms with Crippen molar-refractivity contribution in [2.75, 3.05) is 13.7 Å². The van der Waals surface area contributed by atoms with Crippen LogP contribution in [0.5, 0.6) is 5.75 Å². The van der Waals surface area contributed by atoms with Gasteiger partial charge < -0.3 is 20.5 Å². The number of nitrogens with zero attached hydrogens (tertiary/aromatic N) is 1. The minimum absolute atomic E-state index is 0.207. The number of pyridine rings is 1. The van der Waals surface area contributed by atoms with Gasteiger partial charge in [-0.15, -0.1) is 0 Å². The predicted molar refractivity (Wildman–Crippen MR) is 79.7 cm³/mol. The molecule has 7 heteroatoms. The number of nitrogens with two attached hydrogens (primary N) is 1. The summed E-state index contributed by atoms with van der Waals surface area (Å²) in [5, 5.41) is 2.73. The quantitative estimate of drug-likeness (QED) is 0.874. The smallest absolute Gasteiger partial charge is 0.408 e. The highest BCUT2D eigenvalue weighted by Gasteiger charge is 2.23. The molecule has 3 N–H and O–H groups in total. The third kappa shape index (κ3) is 4.64. The van der Waals surface area contributed by atoms with Crippen LogP contribution < -0.4 is 15.8 Å². The van der Waals surface area contributed by atoms with Crippen molar-refractivity contribution >= 4 is 22.0 Å². The maximum Gasteiger partial charge on any atom is 0.408 e. The van der Waals surface area contributed by atoms with Gasteiger partial charge in [0.25, 0.3) is 0 Å². The Balaban J connectivity index is 2.94. The molecule has 112 valence electrons. The molecule has 0 bridgehead atoms. The van der Waals surface area contributed by atoms with Crippen molar-refractivity contribution in [3.05, 3.63) is 22.4 Å². The van der Waals surface area contributed by atoms with Crippen molar-refractivity contribution in [3.8, 4) is 5.75 Å². The Morgan fingerprint density at radius 2 is 2.15 bits per heavy atom. The first-order valence-electron chi connectivity index (χ1n) is 6.15. The van der Waals surface area contributed by atoms with Crippen molar-refractivity contribution in [1.29, 1.82) is 0 Å². The molecule has 0 spiro atoms. The zero-order valence-electron chi connectivity index (χ0n) is 12.1. The number of ether oxygens (including phenoxy) is 2. The van der Waals surface area contributed by atoms with Crippen molar-refractivity contribution in [2.24, 2.45) is 5.73 Å². The van der Waals surface area contributed by atoms with E-state index in [-0.39, 0.29) is 6.54 Å². The summed E-state index contributed by atoms with van der Waals surface area (Å²) >= 11 is 3.39. The topological polar surface area (TPSA) is 86.5 Å². The Kier molecular flexibility index (Phi) is 5.76. The molecule has 1 heterocycles. The van der Waals surface area contributed by atoms with Crippen LogP contribution in [0.4, 0.5) is 4.79 Å². The predicted octanol–water partition coefficient (Wildman–Crippen LogP) is 2.38. The second-order valence-electron chi connectivity index (χ2n) is 5.17. The van der Waals surface area contributed by atoms with E-state index in [4.69, 9.17) is 15.2 Å². The molecule has 0 aliphatic carbocycles. The number of hydrogen-bond donors (Lipinski definition) is 2. The normalized spacial score (nSPS) is 12.7. The van der Waals surface area contributed by atoms with Crippen LogP contribution in [0, 0.1) is 0 Å². The number of nitrogens with one attached hydrogen (secondary N) is 1. The van der Waals surface area contributed by atoms with Crippen LogP contribution in [-0.4, -0.2) is 30.3 Å². The average molecular weight is 346 g/mol. The van der Waals surface area contributed by atoms with E-state index in [1.54, 1.807) is 33.2 Å². The van der Waals surface area contributed by atoms with Crippen molar-refractivity contribution in [1.82, 2.24) is 10.3 Å². The lowest BCUT2D eigenvalue weighted by Gasteiger charge is -2.24. The van der Waals surface area contributed by atoms with E-state index in [1.165, 1.54) is 7.11 Å². The molecular weight excluding hydrogens is 326 g/mol. The molecule has 0 saturated carbocycles. The van der Waals surface area contributed by atoms with Gasteiger partial charge in [-0.1, -0.05) is 0 Å². The summed E-state index contributed by atoms with van der Waals surface area (Å²) in [7, 11) is 1.54. The van der Waals surface area contributed by atoms with Gasteiger partial charge in [-0.25, -0.2) is 4.79 Å². The zero-order chi connectivity index (χ0) is 15.3. The fraction of sp³-hybridized carbons (Fsp3) is 0.538. The van der Waals surface area contributed by atoms with Crippen LogP contribution in [-0.2, 0) is 4.74 Å². The van der Waals surface area contributed by atoms with E-state index >= 15 is 0 Å². The SMILES string of the molecule is COc1cncc(Br)c1C(CN)NC(=O)OC(C)(C)C. The van der Waals surface area contributed by atoms with Crippen molar-refractivity contribution < 1.29 is 14.3 Å². The number of carbonyl (C=O) groups is 1. The van der Waals surface area contributed by atoms with Gasteiger partial charge in [0.15, 0.2) is 0 Å². The van der Waals surface area contributed by atoms with Gasteiger partial charge >= 0.3 is 6.09 Å². The summed E-state index contributed by atoms with van der Waals surface area (Å²) in [5.74, 6) is 0.547. The number of aromatic nitrogens is 1. The zero-order valence-corrected chi connectivity index (χ0v) is 13.7. The first kappa shape index (κ1) is 16.7. The number of rotatable bonds is 4.